The molecule has 0 bridgehead atoms. The van der Waals surface area contributed by atoms with Crippen LogP contribution in [-0.4, -0.2) is 34.3 Å². The summed E-state index contributed by atoms with van der Waals surface area (Å²) >= 11 is 0. The van der Waals surface area contributed by atoms with Crippen LogP contribution in [0.3, 0.4) is 0 Å². The van der Waals surface area contributed by atoms with Gasteiger partial charge in [0.25, 0.3) is 0 Å². The molecule has 166 valence electrons. The number of guanidine groups is 1. The number of carbonyl (C=O) groups excluding carboxylic acids is 2. The number of aromatic nitrogens is 1. The van der Waals surface area contributed by atoms with Gasteiger partial charge in [-0.05, 0) is 72.2 Å². The van der Waals surface area contributed by atoms with E-state index < -0.39 is 23.4 Å². The van der Waals surface area contributed by atoms with Crippen LogP contribution in [0.15, 0.2) is 47.6 Å². The first-order valence-corrected chi connectivity index (χ1v) is 9.89. The van der Waals surface area contributed by atoms with Crippen LogP contribution in [0.1, 0.15) is 47.1 Å². The number of anilines is 1. The number of ether oxygens (including phenoxy) is 2. The van der Waals surface area contributed by atoms with Crippen LogP contribution >= 0.6 is 0 Å². The Morgan fingerprint density at radius 2 is 1.65 bits per heavy atom. The van der Waals surface area contributed by atoms with Gasteiger partial charge in [-0.25, -0.2) is 14.5 Å². The van der Waals surface area contributed by atoms with Crippen molar-refractivity contribution in [1.82, 2.24) is 4.98 Å². The van der Waals surface area contributed by atoms with Gasteiger partial charge in [0.2, 0.25) is 5.96 Å². The Balaban J connectivity index is 2.51. The molecule has 0 saturated carbocycles. The minimum atomic E-state index is -0.907. The molecule has 2 aromatic rings. The molecule has 0 aliphatic heterocycles. The maximum Gasteiger partial charge on any atom is 0.437 e. The SMILES string of the molecule is Cc1cccnc1-c1cccc(N(C(=O)OC(C)(C)C)C(N)=NC(=O)OC(C)(C)C)c1. The normalized spacial score (nSPS) is 12.3. The summed E-state index contributed by atoms with van der Waals surface area (Å²) in [6.45, 7) is 12.3. The van der Waals surface area contributed by atoms with Crippen LogP contribution in [0, 0.1) is 6.92 Å². The van der Waals surface area contributed by atoms with Crippen LogP contribution in [0.4, 0.5) is 15.3 Å². The number of rotatable bonds is 2. The lowest BCUT2D eigenvalue weighted by atomic mass is 10.1. The highest BCUT2D eigenvalue weighted by molar-refractivity contribution is 6.15. The zero-order valence-corrected chi connectivity index (χ0v) is 19.1. The number of hydrogen-bond donors (Lipinski definition) is 1. The summed E-state index contributed by atoms with van der Waals surface area (Å²) in [4.78, 5) is 34.3. The van der Waals surface area contributed by atoms with Gasteiger partial charge in [0.05, 0.1) is 11.4 Å². The molecule has 0 aliphatic rings. The second kappa shape index (κ2) is 9.16. The molecule has 31 heavy (non-hydrogen) atoms. The van der Waals surface area contributed by atoms with Crippen molar-refractivity contribution in [3.63, 3.8) is 0 Å². The molecule has 0 radical (unpaired) electrons. The van der Waals surface area contributed by atoms with Crippen molar-refractivity contribution >= 4 is 23.8 Å². The number of aliphatic imine (C=N–C) groups is 1. The van der Waals surface area contributed by atoms with Gasteiger partial charge in [0.1, 0.15) is 11.2 Å². The number of aryl methyl sites for hydroxylation is 1. The van der Waals surface area contributed by atoms with Crippen molar-refractivity contribution in [1.29, 1.82) is 0 Å². The van der Waals surface area contributed by atoms with Crippen LogP contribution in [0.2, 0.25) is 0 Å². The number of carbonyl (C=O) groups is 2. The number of nitrogens with two attached hydrogens (primary N) is 1. The van der Waals surface area contributed by atoms with Gasteiger partial charge in [-0.3, -0.25) is 4.98 Å². The molecule has 0 spiro atoms. The first kappa shape index (κ1) is 23.9. The minimum Gasteiger partial charge on any atom is -0.443 e. The molecule has 8 heteroatoms. The van der Waals surface area contributed by atoms with E-state index in [2.05, 4.69) is 9.98 Å². The van der Waals surface area contributed by atoms with Gasteiger partial charge in [0, 0.05) is 11.8 Å². The summed E-state index contributed by atoms with van der Waals surface area (Å²) in [7, 11) is 0. The molecule has 0 atom stereocenters. The minimum absolute atomic E-state index is 0.363. The molecule has 2 amide bonds. The first-order valence-electron chi connectivity index (χ1n) is 9.89. The summed E-state index contributed by atoms with van der Waals surface area (Å²) in [5.74, 6) is -0.363. The Hall–Kier alpha value is -3.42. The highest BCUT2D eigenvalue weighted by Crippen LogP contribution is 2.27. The summed E-state index contributed by atoms with van der Waals surface area (Å²) < 4.78 is 10.7. The van der Waals surface area contributed by atoms with Crippen LogP contribution in [-0.2, 0) is 9.47 Å². The van der Waals surface area contributed by atoms with Gasteiger partial charge in [0.15, 0.2) is 0 Å². The third-order valence-corrected chi connectivity index (χ3v) is 3.79. The topological polar surface area (TPSA) is 107 Å². The van der Waals surface area contributed by atoms with E-state index in [9.17, 15) is 9.59 Å². The molecule has 0 saturated heterocycles. The molecule has 1 heterocycles. The zero-order chi connectivity index (χ0) is 23.4. The predicted octanol–water partition coefficient (Wildman–Crippen LogP) is 5.05. The van der Waals surface area contributed by atoms with Gasteiger partial charge >= 0.3 is 12.2 Å². The Labute approximate surface area is 183 Å². The third-order valence-electron chi connectivity index (χ3n) is 3.79. The predicted molar refractivity (Wildman–Crippen MR) is 121 cm³/mol. The first-order chi connectivity index (χ1) is 14.3. The third kappa shape index (κ3) is 7.09. The van der Waals surface area contributed by atoms with E-state index in [1.54, 1.807) is 65.9 Å². The lowest BCUT2D eigenvalue weighted by molar-refractivity contribution is 0.0601. The summed E-state index contributed by atoms with van der Waals surface area (Å²) in [5.41, 5.74) is 7.41. The maximum atomic E-state index is 13.0. The quantitative estimate of drug-likeness (QED) is 0.532. The standard InChI is InChI=1S/C23H30N4O4/c1-15-10-9-13-25-18(15)16-11-8-12-17(14-16)27(21(29)31-23(5,6)7)19(24)26-20(28)30-22(2,3)4/h8-14H,1-7H3,(H2,24,26,28). The van der Waals surface area contributed by atoms with Gasteiger partial charge < -0.3 is 15.2 Å². The highest BCUT2D eigenvalue weighted by atomic mass is 16.6. The van der Waals surface area contributed by atoms with Crippen LogP contribution < -0.4 is 10.6 Å². The van der Waals surface area contributed by atoms with Crippen molar-refractivity contribution < 1.29 is 19.1 Å². The fourth-order valence-electron chi connectivity index (χ4n) is 2.65. The molecular weight excluding hydrogens is 396 g/mol. The monoisotopic (exact) mass is 426 g/mol. The number of pyridine rings is 1. The fraction of sp³-hybridized carbons (Fsp3) is 0.391. The second-order valence-corrected chi connectivity index (χ2v) is 8.99. The second-order valence-electron chi connectivity index (χ2n) is 8.99. The molecule has 2 N–H and O–H groups in total. The van der Waals surface area contributed by atoms with Gasteiger partial charge in [-0.2, -0.15) is 0 Å². The Morgan fingerprint density at radius 1 is 1.00 bits per heavy atom. The van der Waals surface area contributed by atoms with E-state index in [-0.39, 0.29) is 5.96 Å². The Bertz CT molecular complexity index is 988. The number of amides is 2. The lowest BCUT2D eigenvalue weighted by Crippen LogP contribution is -2.45. The molecule has 2 rings (SSSR count). The number of hydrogen-bond acceptors (Lipinski definition) is 5. The zero-order valence-electron chi connectivity index (χ0n) is 19.1. The molecule has 0 fully saturated rings. The van der Waals surface area contributed by atoms with Gasteiger partial charge in [-0.15, -0.1) is 4.99 Å². The average Bonchev–Trinajstić information content (AvgIpc) is 2.59. The maximum absolute atomic E-state index is 13.0. The molecule has 0 aliphatic carbocycles. The molecule has 1 aromatic heterocycles. The summed E-state index contributed by atoms with van der Waals surface area (Å²) in [6, 6.07) is 10.8. The largest absolute Gasteiger partial charge is 0.443 e. The number of nitrogens with zero attached hydrogens (tertiary/aromatic N) is 3. The molecule has 0 unspecified atom stereocenters. The van der Waals surface area contributed by atoms with Crippen molar-refractivity contribution in [2.24, 2.45) is 10.7 Å². The van der Waals surface area contributed by atoms with E-state index in [0.29, 0.717) is 5.69 Å². The molecular formula is C23H30N4O4. The van der Waals surface area contributed by atoms with Crippen molar-refractivity contribution in [3.8, 4) is 11.3 Å². The van der Waals surface area contributed by atoms with E-state index in [0.717, 1.165) is 21.7 Å². The average molecular weight is 427 g/mol. The highest BCUT2D eigenvalue weighted by Gasteiger charge is 2.28. The van der Waals surface area contributed by atoms with E-state index >= 15 is 0 Å². The summed E-state index contributed by atoms with van der Waals surface area (Å²) in [5, 5.41) is 0. The fourth-order valence-corrected chi connectivity index (χ4v) is 2.65. The molecule has 8 nitrogen and oxygen atoms in total. The van der Waals surface area contributed by atoms with E-state index in [1.165, 1.54) is 0 Å². The lowest BCUT2D eigenvalue weighted by Gasteiger charge is -2.27. The van der Waals surface area contributed by atoms with Crippen molar-refractivity contribution in [2.45, 2.75) is 59.7 Å². The van der Waals surface area contributed by atoms with Crippen LogP contribution in [0.5, 0.6) is 0 Å². The van der Waals surface area contributed by atoms with E-state index in [4.69, 9.17) is 15.2 Å². The Kier molecular flexibility index (Phi) is 7.05. The number of benzene rings is 1. The van der Waals surface area contributed by atoms with Crippen molar-refractivity contribution in [2.75, 3.05) is 4.90 Å². The van der Waals surface area contributed by atoms with Gasteiger partial charge in [-0.1, -0.05) is 18.2 Å². The van der Waals surface area contributed by atoms with Crippen molar-refractivity contribution in [3.05, 3.63) is 48.2 Å². The molecule has 1 aromatic carbocycles. The van der Waals surface area contributed by atoms with E-state index in [1.807, 2.05) is 25.1 Å². The Morgan fingerprint density at radius 3 is 2.23 bits per heavy atom. The van der Waals surface area contributed by atoms with Crippen LogP contribution in [0.25, 0.3) is 11.3 Å². The summed E-state index contributed by atoms with van der Waals surface area (Å²) in [6.07, 6.45) is 0.0152. The smallest absolute Gasteiger partial charge is 0.437 e.